The SMILES string of the molecule is CC(=O)OC[C@@H](OC=O)[C@@H](OC(C)=O)[C@H](OC(C)=O)C(Br)(Br)I. The molecule has 0 aromatic rings. The molecule has 0 heterocycles. The van der Waals surface area contributed by atoms with Gasteiger partial charge in [0.05, 0.1) is 0 Å². The Bertz CT molecular complexity index is 451. The molecule has 0 aliphatic rings. The van der Waals surface area contributed by atoms with Crippen LogP contribution in [0.3, 0.4) is 0 Å². The van der Waals surface area contributed by atoms with Crippen molar-refractivity contribution < 1.29 is 38.1 Å². The minimum atomic E-state index is -1.23. The van der Waals surface area contributed by atoms with Gasteiger partial charge in [-0.1, -0.05) is 31.9 Å². The smallest absolute Gasteiger partial charge is 0.303 e. The van der Waals surface area contributed by atoms with E-state index < -0.39 is 37.5 Å². The van der Waals surface area contributed by atoms with Crippen molar-refractivity contribution >= 4 is 78.8 Å². The maximum atomic E-state index is 11.4. The summed E-state index contributed by atoms with van der Waals surface area (Å²) < 4.78 is 18.9. The van der Waals surface area contributed by atoms with E-state index >= 15 is 0 Å². The lowest BCUT2D eigenvalue weighted by Crippen LogP contribution is -2.51. The Morgan fingerprint density at radius 3 is 1.96 bits per heavy atom. The molecule has 11 heteroatoms. The lowest BCUT2D eigenvalue weighted by Gasteiger charge is -2.35. The van der Waals surface area contributed by atoms with Crippen LogP contribution in [0.25, 0.3) is 0 Å². The van der Waals surface area contributed by atoms with Crippen LogP contribution in [0.2, 0.25) is 0 Å². The van der Waals surface area contributed by atoms with Crippen LogP contribution in [0.15, 0.2) is 0 Å². The molecular weight excluding hydrogens is 559 g/mol. The van der Waals surface area contributed by atoms with Crippen molar-refractivity contribution in [1.82, 2.24) is 0 Å². The number of halogens is 3. The van der Waals surface area contributed by atoms with E-state index in [1.165, 1.54) is 13.8 Å². The van der Waals surface area contributed by atoms with Crippen LogP contribution < -0.4 is 0 Å². The molecule has 23 heavy (non-hydrogen) atoms. The molecule has 0 fully saturated rings. The van der Waals surface area contributed by atoms with Crippen LogP contribution in [-0.2, 0) is 38.1 Å². The molecule has 0 saturated heterocycles. The van der Waals surface area contributed by atoms with Crippen LogP contribution in [0.4, 0.5) is 0 Å². The zero-order chi connectivity index (χ0) is 18.2. The lowest BCUT2D eigenvalue weighted by molar-refractivity contribution is -0.184. The van der Waals surface area contributed by atoms with Gasteiger partial charge in [-0.25, -0.2) is 0 Å². The van der Waals surface area contributed by atoms with Crippen molar-refractivity contribution in [2.24, 2.45) is 0 Å². The van der Waals surface area contributed by atoms with Crippen molar-refractivity contribution in [2.45, 2.75) is 40.3 Å². The highest BCUT2D eigenvalue weighted by Crippen LogP contribution is 2.42. The molecule has 3 atom stereocenters. The molecule has 0 radical (unpaired) electrons. The first kappa shape index (κ1) is 22.6. The molecule has 132 valence electrons. The van der Waals surface area contributed by atoms with Gasteiger partial charge in [0.2, 0.25) is 0 Å². The number of carbonyl (C=O) groups excluding carboxylic acids is 4. The van der Waals surface area contributed by atoms with Gasteiger partial charge in [0, 0.05) is 20.8 Å². The van der Waals surface area contributed by atoms with Gasteiger partial charge < -0.3 is 18.9 Å². The van der Waals surface area contributed by atoms with E-state index in [1.54, 1.807) is 0 Å². The van der Waals surface area contributed by atoms with Crippen molar-refractivity contribution in [3.8, 4) is 0 Å². The summed E-state index contributed by atoms with van der Waals surface area (Å²) in [4.78, 5) is 44.4. The highest BCUT2D eigenvalue weighted by Gasteiger charge is 2.47. The maximum Gasteiger partial charge on any atom is 0.303 e. The van der Waals surface area contributed by atoms with Crippen LogP contribution in [0, 0.1) is 0 Å². The molecule has 0 aromatic heterocycles. The number of ether oxygens (including phenoxy) is 4. The second-order valence-corrected chi connectivity index (χ2v) is 12.5. The molecule has 0 N–H and O–H groups in total. The highest BCUT2D eigenvalue weighted by atomic mass is 127. The summed E-state index contributed by atoms with van der Waals surface area (Å²) in [5.74, 6) is -1.96. The Hall–Kier alpha value is -0.430. The first-order chi connectivity index (χ1) is 10.5. The predicted molar refractivity (Wildman–Crippen MR) is 93.3 cm³/mol. The quantitative estimate of drug-likeness (QED) is 0.135. The Morgan fingerprint density at radius 1 is 1.09 bits per heavy atom. The van der Waals surface area contributed by atoms with E-state index in [-0.39, 0.29) is 13.1 Å². The largest absolute Gasteiger partial charge is 0.462 e. The third kappa shape index (κ3) is 9.45. The summed E-state index contributed by atoms with van der Waals surface area (Å²) >= 11 is 8.34. The van der Waals surface area contributed by atoms with Gasteiger partial charge in [0.1, 0.15) is 6.61 Å². The Balaban J connectivity index is 5.60. The third-order valence-electron chi connectivity index (χ3n) is 2.26. The Labute approximate surface area is 163 Å². The average Bonchev–Trinajstić information content (AvgIpc) is 2.36. The number of hydrogen-bond donors (Lipinski definition) is 0. The number of rotatable bonds is 9. The van der Waals surface area contributed by atoms with Gasteiger partial charge in [-0.3, -0.25) is 19.2 Å². The summed E-state index contributed by atoms with van der Waals surface area (Å²) in [6.45, 7) is 3.21. The number of alkyl halides is 3. The second kappa shape index (κ2) is 10.4. The first-order valence-electron chi connectivity index (χ1n) is 6.12. The summed E-state index contributed by atoms with van der Waals surface area (Å²) in [6.07, 6.45) is -3.49. The van der Waals surface area contributed by atoms with E-state index in [0.717, 1.165) is 6.92 Å². The maximum absolute atomic E-state index is 11.4. The average molecular weight is 574 g/mol. The summed E-state index contributed by atoms with van der Waals surface area (Å²) in [6, 6.07) is 0. The van der Waals surface area contributed by atoms with Crippen molar-refractivity contribution in [3.63, 3.8) is 0 Å². The molecular formula is C12H15Br2IO8. The van der Waals surface area contributed by atoms with E-state index in [1.807, 2.05) is 22.6 Å². The lowest BCUT2D eigenvalue weighted by atomic mass is 10.1. The van der Waals surface area contributed by atoms with Crippen LogP contribution in [-0.4, -0.2) is 50.5 Å². The second-order valence-electron chi connectivity index (χ2n) is 4.22. The predicted octanol–water partition coefficient (Wildman–Crippen LogP) is 1.83. The minimum Gasteiger partial charge on any atom is -0.462 e. The molecule has 0 bridgehead atoms. The molecule has 0 unspecified atom stereocenters. The molecule has 0 aliphatic carbocycles. The first-order valence-corrected chi connectivity index (χ1v) is 8.79. The fraction of sp³-hybridized carbons (Fsp3) is 0.667. The normalized spacial score (nSPS) is 14.9. The summed E-state index contributed by atoms with van der Waals surface area (Å²) in [5, 5.41) is 0. The van der Waals surface area contributed by atoms with Gasteiger partial charge in [-0.2, -0.15) is 0 Å². The third-order valence-corrected chi connectivity index (χ3v) is 3.78. The van der Waals surface area contributed by atoms with Crippen LogP contribution in [0.1, 0.15) is 20.8 Å². The topological polar surface area (TPSA) is 105 Å². The van der Waals surface area contributed by atoms with Gasteiger partial charge >= 0.3 is 17.9 Å². The molecule has 0 aliphatic heterocycles. The zero-order valence-corrected chi connectivity index (χ0v) is 17.7. The zero-order valence-electron chi connectivity index (χ0n) is 12.4. The van der Waals surface area contributed by atoms with Crippen LogP contribution in [0.5, 0.6) is 0 Å². The van der Waals surface area contributed by atoms with E-state index in [4.69, 9.17) is 18.9 Å². The molecule has 0 aromatic carbocycles. The van der Waals surface area contributed by atoms with Crippen LogP contribution >= 0.6 is 54.5 Å². The number of carbonyl (C=O) groups is 4. The van der Waals surface area contributed by atoms with E-state index in [9.17, 15) is 19.2 Å². The van der Waals surface area contributed by atoms with E-state index in [2.05, 4.69) is 31.9 Å². The van der Waals surface area contributed by atoms with E-state index in [0.29, 0.717) is 0 Å². The van der Waals surface area contributed by atoms with Crippen molar-refractivity contribution in [3.05, 3.63) is 0 Å². The highest BCUT2D eigenvalue weighted by molar-refractivity contribution is 14.1. The molecule has 0 saturated carbocycles. The van der Waals surface area contributed by atoms with Gasteiger partial charge in [0.25, 0.3) is 6.47 Å². The van der Waals surface area contributed by atoms with Gasteiger partial charge in [-0.05, 0) is 22.6 Å². The molecule has 8 nitrogen and oxygen atoms in total. The number of hydrogen-bond acceptors (Lipinski definition) is 8. The fourth-order valence-corrected chi connectivity index (χ4v) is 2.70. The number of esters is 3. The van der Waals surface area contributed by atoms with Gasteiger partial charge in [-0.15, -0.1) is 0 Å². The minimum absolute atomic E-state index is 0.118. The summed E-state index contributed by atoms with van der Waals surface area (Å²) in [5.41, 5.74) is 0. The summed E-state index contributed by atoms with van der Waals surface area (Å²) in [7, 11) is 0. The monoisotopic (exact) mass is 572 g/mol. The Kier molecular flexibility index (Phi) is 10.2. The Morgan fingerprint density at radius 2 is 1.61 bits per heavy atom. The van der Waals surface area contributed by atoms with Crippen molar-refractivity contribution in [2.75, 3.05) is 6.61 Å². The molecule has 0 spiro atoms. The fourth-order valence-electron chi connectivity index (χ4n) is 1.51. The molecule has 0 rings (SSSR count). The van der Waals surface area contributed by atoms with Gasteiger partial charge in [0.15, 0.2) is 19.6 Å². The standard InChI is InChI=1S/C12H15Br2IO8/c1-6(17)20-4-9(21-5-16)10(22-7(2)18)11(12(13,14)15)23-8(3)19/h5,9-11H,4H2,1-3H3/t9-,10-,11+/m1/s1. The van der Waals surface area contributed by atoms with Crippen molar-refractivity contribution in [1.29, 1.82) is 0 Å². The molecule has 0 amide bonds.